The largest absolute Gasteiger partial charge is 0.468 e. The monoisotopic (exact) mass is 293 g/mol. The number of esters is 1. The molecule has 2 rings (SSSR count). The Morgan fingerprint density at radius 1 is 1.52 bits per heavy atom. The molecule has 1 unspecified atom stereocenters. The molecule has 2 aliphatic heterocycles. The highest BCUT2D eigenvalue weighted by molar-refractivity contribution is 6.18. The minimum absolute atomic E-state index is 0.0254. The summed E-state index contributed by atoms with van der Waals surface area (Å²) in [4.78, 5) is 47.9. The lowest BCUT2D eigenvalue weighted by Gasteiger charge is -2.29. The Balaban J connectivity index is 2.06. The van der Waals surface area contributed by atoms with Gasteiger partial charge in [-0.15, -0.1) is 0 Å². The molecule has 8 heteroatoms. The summed E-state index contributed by atoms with van der Waals surface area (Å²) in [7, 11) is 1.21. The van der Waals surface area contributed by atoms with Gasteiger partial charge in [-0.1, -0.05) is 6.58 Å². The maximum atomic E-state index is 12.2. The third kappa shape index (κ3) is 2.93. The smallest absolute Gasteiger partial charge is 0.325 e. The number of allylic oxidation sites excluding steroid dienone is 1. The average Bonchev–Trinajstić information content (AvgIpc) is 2.72. The fourth-order valence-corrected chi connectivity index (χ4v) is 2.15. The zero-order valence-electron chi connectivity index (χ0n) is 11.5. The molecular formula is C13H15N3O5. The predicted molar refractivity (Wildman–Crippen MR) is 70.3 cm³/mol. The Kier molecular flexibility index (Phi) is 4.06. The normalized spacial score (nSPS) is 22.0. The topological polar surface area (TPSA) is 105 Å². The maximum Gasteiger partial charge on any atom is 0.325 e. The molecule has 0 saturated carbocycles. The number of carbonyl (C=O) groups is 4. The van der Waals surface area contributed by atoms with E-state index in [0.29, 0.717) is 18.5 Å². The van der Waals surface area contributed by atoms with Crippen LogP contribution in [0.4, 0.5) is 0 Å². The van der Waals surface area contributed by atoms with Crippen LogP contribution in [0.15, 0.2) is 24.0 Å². The van der Waals surface area contributed by atoms with Crippen molar-refractivity contribution in [3.8, 4) is 0 Å². The number of methoxy groups -OCH3 is 1. The van der Waals surface area contributed by atoms with Crippen LogP contribution in [0.2, 0.25) is 0 Å². The summed E-state index contributed by atoms with van der Waals surface area (Å²) in [5, 5.41) is 5.05. The van der Waals surface area contributed by atoms with Crippen molar-refractivity contribution in [3.05, 3.63) is 24.0 Å². The van der Waals surface area contributed by atoms with Crippen LogP contribution in [0, 0.1) is 0 Å². The van der Waals surface area contributed by atoms with Crippen molar-refractivity contribution >= 4 is 23.7 Å². The van der Waals surface area contributed by atoms with E-state index in [0.717, 1.165) is 11.0 Å². The highest BCUT2D eigenvalue weighted by Gasteiger charge is 2.41. The summed E-state index contributed by atoms with van der Waals surface area (Å²) in [6.07, 6.45) is 1.90. The third-order valence-corrected chi connectivity index (χ3v) is 3.24. The van der Waals surface area contributed by atoms with Gasteiger partial charge in [0.1, 0.15) is 18.3 Å². The van der Waals surface area contributed by atoms with E-state index in [1.807, 2.05) is 0 Å². The lowest BCUT2D eigenvalue weighted by Crippen LogP contribution is -2.52. The average molecular weight is 293 g/mol. The van der Waals surface area contributed by atoms with Gasteiger partial charge in [-0.25, -0.2) is 0 Å². The molecule has 0 aromatic carbocycles. The molecule has 2 N–H and O–H groups in total. The number of carbonyl (C=O) groups excluding carboxylic acids is 4. The van der Waals surface area contributed by atoms with Gasteiger partial charge in [0.15, 0.2) is 0 Å². The first-order chi connectivity index (χ1) is 9.93. The van der Waals surface area contributed by atoms with Crippen LogP contribution in [0.3, 0.4) is 0 Å². The molecule has 0 aromatic heterocycles. The fourth-order valence-electron chi connectivity index (χ4n) is 2.15. The zero-order chi connectivity index (χ0) is 15.6. The molecule has 0 aliphatic carbocycles. The van der Waals surface area contributed by atoms with Crippen molar-refractivity contribution in [2.24, 2.45) is 0 Å². The van der Waals surface area contributed by atoms with Crippen LogP contribution in [-0.4, -0.2) is 48.3 Å². The van der Waals surface area contributed by atoms with Gasteiger partial charge in [-0.3, -0.25) is 24.1 Å². The second-order valence-corrected chi connectivity index (χ2v) is 4.65. The van der Waals surface area contributed by atoms with Crippen molar-refractivity contribution in [1.29, 1.82) is 0 Å². The SMILES string of the molecule is C=C1CCC(N2C(=O)C=C(NCC(=O)OC)C2=O)C(=O)N1. The van der Waals surface area contributed by atoms with E-state index >= 15 is 0 Å². The Morgan fingerprint density at radius 2 is 2.24 bits per heavy atom. The third-order valence-electron chi connectivity index (χ3n) is 3.24. The minimum atomic E-state index is -0.857. The Bertz CT molecular complexity index is 566. The van der Waals surface area contributed by atoms with Gasteiger partial charge in [0.05, 0.1) is 7.11 Å². The van der Waals surface area contributed by atoms with Gasteiger partial charge in [0.25, 0.3) is 11.8 Å². The summed E-state index contributed by atoms with van der Waals surface area (Å²) >= 11 is 0. The summed E-state index contributed by atoms with van der Waals surface area (Å²) in [5.41, 5.74) is 0.537. The van der Waals surface area contributed by atoms with Gasteiger partial charge < -0.3 is 15.4 Å². The number of nitrogens with one attached hydrogen (secondary N) is 2. The van der Waals surface area contributed by atoms with Gasteiger partial charge in [0, 0.05) is 11.8 Å². The number of ether oxygens (including phenoxy) is 1. The first-order valence-electron chi connectivity index (χ1n) is 6.32. The first-order valence-corrected chi connectivity index (χ1v) is 6.32. The van der Waals surface area contributed by atoms with E-state index in [1.165, 1.54) is 7.11 Å². The summed E-state index contributed by atoms with van der Waals surface area (Å²) < 4.78 is 4.43. The van der Waals surface area contributed by atoms with Crippen LogP contribution in [0.5, 0.6) is 0 Å². The molecule has 0 radical (unpaired) electrons. The fraction of sp³-hybridized carbons (Fsp3) is 0.385. The highest BCUT2D eigenvalue weighted by Crippen LogP contribution is 2.21. The first kappa shape index (κ1) is 14.8. The van der Waals surface area contributed by atoms with E-state index in [1.54, 1.807) is 0 Å². The highest BCUT2D eigenvalue weighted by atomic mass is 16.5. The Labute approximate surface area is 120 Å². The van der Waals surface area contributed by atoms with Crippen molar-refractivity contribution in [2.45, 2.75) is 18.9 Å². The summed E-state index contributed by atoms with van der Waals surface area (Å²) in [6, 6.07) is -0.857. The number of nitrogens with zero attached hydrogens (tertiary/aromatic N) is 1. The number of imide groups is 1. The van der Waals surface area contributed by atoms with Gasteiger partial charge in [0.2, 0.25) is 5.91 Å². The molecular weight excluding hydrogens is 278 g/mol. The van der Waals surface area contributed by atoms with Crippen LogP contribution in [-0.2, 0) is 23.9 Å². The van der Waals surface area contributed by atoms with E-state index in [4.69, 9.17) is 0 Å². The number of amides is 3. The Hall–Kier alpha value is -2.64. The minimum Gasteiger partial charge on any atom is -0.468 e. The van der Waals surface area contributed by atoms with Crippen molar-refractivity contribution in [1.82, 2.24) is 15.5 Å². The van der Waals surface area contributed by atoms with E-state index < -0.39 is 29.7 Å². The molecule has 0 spiro atoms. The van der Waals surface area contributed by atoms with Crippen LogP contribution in [0.25, 0.3) is 0 Å². The number of hydrogen-bond donors (Lipinski definition) is 2. The lowest BCUT2D eigenvalue weighted by atomic mass is 10.0. The number of rotatable bonds is 4. The van der Waals surface area contributed by atoms with Crippen molar-refractivity contribution in [2.75, 3.05) is 13.7 Å². The molecule has 3 amide bonds. The molecule has 21 heavy (non-hydrogen) atoms. The molecule has 0 bridgehead atoms. The van der Waals surface area contributed by atoms with Crippen LogP contribution < -0.4 is 10.6 Å². The lowest BCUT2D eigenvalue weighted by molar-refractivity contribution is -0.146. The van der Waals surface area contributed by atoms with E-state index in [-0.39, 0.29) is 12.2 Å². The van der Waals surface area contributed by atoms with E-state index in [2.05, 4.69) is 21.9 Å². The van der Waals surface area contributed by atoms with Gasteiger partial charge in [-0.2, -0.15) is 0 Å². The Morgan fingerprint density at radius 3 is 2.86 bits per heavy atom. The molecule has 112 valence electrons. The molecule has 1 saturated heterocycles. The second-order valence-electron chi connectivity index (χ2n) is 4.65. The molecule has 2 aliphatic rings. The standard InChI is InChI=1S/C13H15N3O5/c1-7-3-4-9(12(19)15-7)16-10(17)5-8(13(16)20)14-6-11(18)21-2/h5,9,14H,1,3-4,6H2,2H3,(H,15,19). The summed E-state index contributed by atoms with van der Waals surface area (Å²) in [6.45, 7) is 3.41. The molecule has 2 heterocycles. The molecule has 0 aromatic rings. The van der Waals surface area contributed by atoms with Crippen molar-refractivity contribution < 1.29 is 23.9 Å². The maximum absolute atomic E-state index is 12.2. The van der Waals surface area contributed by atoms with Gasteiger partial charge in [-0.05, 0) is 12.8 Å². The van der Waals surface area contributed by atoms with Gasteiger partial charge >= 0.3 is 5.97 Å². The van der Waals surface area contributed by atoms with Crippen LogP contribution in [0.1, 0.15) is 12.8 Å². The van der Waals surface area contributed by atoms with E-state index in [9.17, 15) is 19.2 Å². The quantitative estimate of drug-likeness (QED) is 0.498. The number of hydrogen-bond acceptors (Lipinski definition) is 6. The number of piperidine rings is 1. The summed E-state index contributed by atoms with van der Waals surface area (Å²) in [5.74, 6) is -2.21. The zero-order valence-corrected chi connectivity index (χ0v) is 11.5. The molecule has 1 fully saturated rings. The predicted octanol–water partition coefficient (Wildman–Crippen LogP) is -1.21. The second kappa shape index (κ2) is 5.78. The molecule has 8 nitrogen and oxygen atoms in total. The molecule has 1 atom stereocenters. The van der Waals surface area contributed by atoms with Crippen LogP contribution >= 0.6 is 0 Å². The van der Waals surface area contributed by atoms with Crippen molar-refractivity contribution in [3.63, 3.8) is 0 Å².